The first-order valence-corrected chi connectivity index (χ1v) is 9.18. The van der Waals surface area contributed by atoms with Crippen molar-refractivity contribution >= 4 is 15.6 Å². The largest absolute Gasteiger partial charge is 0.314 e. The molecule has 1 aromatic rings. The summed E-state index contributed by atoms with van der Waals surface area (Å²) in [5, 5.41) is 2.70. The lowest BCUT2D eigenvalue weighted by Crippen LogP contribution is -2.45. The Morgan fingerprint density at radius 2 is 1.91 bits per heavy atom. The van der Waals surface area contributed by atoms with Crippen LogP contribution in [0.25, 0.3) is 0 Å². The van der Waals surface area contributed by atoms with Crippen LogP contribution in [0.4, 0.5) is 0 Å². The van der Waals surface area contributed by atoms with Crippen LogP contribution in [-0.2, 0) is 9.84 Å². The van der Waals surface area contributed by atoms with E-state index in [1.807, 2.05) is 6.92 Å². The molecular weight excluding hydrogens is 300 g/mol. The van der Waals surface area contributed by atoms with Crippen LogP contribution in [0.1, 0.15) is 29.8 Å². The van der Waals surface area contributed by atoms with Gasteiger partial charge in [-0.1, -0.05) is 11.6 Å². The number of piperazine rings is 1. The summed E-state index contributed by atoms with van der Waals surface area (Å²) in [7, 11) is -3.46. The highest BCUT2D eigenvalue weighted by molar-refractivity contribution is 7.92. The third kappa shape index (κ3) is 3.74. The monoisotopic (exact) mass is 324 g/mol. The molecule has 1 heterocycles. The molecule has 1 fully saturated rings. The summed E-state index contributed by atoms with van der Waals surface area (Å²) in [5.74, 6) is -0.121. The molecule has 22 heavy (non-hydrogen) atoms. The van der Waals surface area contributed by atoms with E-state index < -0.39 is 15.1 Å². The van der Waals surface area contributed by atoms with E-state index in [9.17, 15) is 13.2 Å². The number of nitrogens with one attached hydrogen (secondary N) is 1. The predicted octanol–water partition coefficient (Wildman–Crippen LogP) is 1.27. The molecule has 1 saturated heterocycles. The molecular formula is C16H24N2O3S. The van der Waals surface area contributed by atoms with Crippen molar-refractivity contribution in [3.8, 4) is 0 Å². The number of sulfone groups is 1. The molecule has 1 N–H and O–H groups in total. The molecule has 0 radical (unpaired) electrons. The number of hydrogen-bond donors (Lipinski definition) is 1. The first-order valence-electron chi connectivity index (χ1n) is 7.63. The van der Waals surface area contributed by atoms with Gasteiger partial charge in [0.1, 0.15) is 0 Å². The van der Waals surface area contributed by atoms with Gasteiger partial charge in [-0.05, 0) is 32.9 Å². The second kappa shape index (κ2) is 6.89. The summed E-state index contributed by atoms with van der Waals surface area (Å²) < 4.78 is 25.0. The lowest BCUT2D eigenvalue weighted by molar-refractivity contribution is 0.0918. The summed E-state index contributed by atoms with van der Waals surface area (Å²) in [6.07, 6.45) is 0. The smallest absolute Gasteiger partial charge is 0.181 e. The van der Waals surface area contributed by atoms with Crippen LogP contribution in [0, 0.1) is 6.92 Å². The molecule has 0 unspecified atom stereocenters. The second-order valence-corrected chi connectivity index (χ2v) is 8.52. The summed E-state index contributed by atoms with van der Waals surface area (Å²) in [4.78, 5) is 14.9. The highest BCUT2D eigenvalue weighted by Gasteiger charge is 2.26. The fourth-order valence-corrected chi connectivity index (χ4v) is 3.77. The molecule has 5 nitrogen and oxygen atoms in total. The number of Topliss-reactive ketones (excluding diaryl/α,β-unsaturated/α-hetero) is 1. The third-order valence-electron chi connectivity index (χ3n) is 3.94. The zero-order chi connectivity index (χ0) is 16.3. The van der Waals surface area contributed by atoms with Crippen molar-refractivity contribution in [2.45, 2.75) is 30.9 Å². The molecule has 0 spiro atoms. The van der Waals surface area contributed by atoms with Crippen LogP contribution in [0.15, 0.2) is 23.1 Å². The van der Waals surface area contributed by atoms with E-state index in [0.717, 1.165) is 31.7 Å². The number of ketones is 1. The molecule has 0 aliphatic carbocycles. The van der Waals surface area contributed by atoms with Crippen molar-refractivity contribution in [1.29, 1.82) is 0 Å². The van der Waals surface area contributed by atoms with Crippen LogP contribution in [0.3, 0.4) is 0 Å². The lowest BCUT2D eigenvalue weighted by Gasteiger charge is -2.26. The zero-order valence-corrected chi connectivity index (χ0v) is 14.2. The molecule has 0 aromatic heterocycles. The van der Waals surface area contributed by atoms with E-state index in [-0.39, 0.29) is 17.2 Å². The minimum Gasteiger partial charge on any atom is -0.314 e. The Hall–Kier alpha value is -1.24. The number of carbonyl (C=O) groups is 1. The topological polar surface area (TPSA) is 66.5 Å². The molecule has 1 aliphatic heterocycles. The van der Waals surface area contributed by atoms with Gasteiger partial charge in [0.25, 0.3) is 0 Å². The minimum atomic E-state index is -3.46. The van der Waals surface area contributed by atoms with Crippen LogP contribution in [0.5, 0.6) is 0 Å². The fourth-order valence-electron chi connectivity index (χ4n) is 2.52. The molecule has 0 amide bonds. The fraction of sp³-hybridized carbons (Fsp3) is 0.562. The van der Waals surface area contributed by atoms with Gasteiger partial charge in [-0.3, -0.25) is 9.69 Å². The Bertz CT molecular complexity index is 647. The van der Waals surface area contributed by atoms with E-state index in [1.54, 1.807) is 32.0 Å². The Labute approximate surface area is 132 Å². The lowest BCUT2D eigenvalue weighted by atomic mass is 10.1. The van der Waals surface area contributed by atoms with Crippen LogP contribution >= 0.6 is 0 Å². The van der Waals surface area contributed by atoms with Crippen LogP contribution < -0.4 is 5.32 Å². The predicted molar refractivity (Wildman–Crippen MR) is 87.1 cm³/mol. The van der Waals surface area contributed by atoms with E-state index in [4.69, 9.17) is 0 Å². The van der Waals surface area contributed by atoms with Gasteiger partial charge in [0, 0.05) is 31.7 Å². The summed E-state index contributed by atoms with van der Waals surface area (Å²) >= 11 is 0. The highest BCUT2D eigenvalue weighted by Crippen LogP contribution is 2.22. The standard InChI is InChI=1S/C16H24N2O3S/c1-12(2)22(20,21)16-5-4-13(3)10-14(16)15(19)11-18-8-6-17-7-9-18/h4-5,10,12,17H,6-9,11H2,1-3H3. The molecule has 1 aromatic carbocycles. The highest BCUT2D eigenvalue weighted by atomic mass is 32.2. The minimum absolute atomic E-state index is 0.121. The summed E-state index contributed by atoms with van der Waals surface area (Å²) in [6.45, 7) is 8.75. The number of benzene rings is 1. The Morgan fingerprint density at radius 1 is 1.27 bits per heavy atom. The van der Waals surface area contributed by atoms with Crippen molar-refractivity contribution in [1.82, 2.24) is 10.2 Å². The number of rotatable bonds is 5. The molecule has 0 saturated carbocycles. The van der Waals surface area contributed by atoms with Gasteiger partial charge < -0.3 is 5.32 Å². The third-order valence-corrected chi connectivity index (χ3v) is 6.15. The maximum absolute atomic E-state index is 12.6. The van der Waals surface area contributed by atoms with E-state index in [0.29, 0.717) is 5.56 Å². The number of hydrogen-bond acceptors (Lipinski definition) is 5. The van der Waals surface area contributed by atoms with Crippen LogP contribution in [0.2, 0.25) is 0 Å². The molecule has 1 aliphatic rings. The van der Waals surface area contributed by atoms with E-state index in [2.05, 4.69) is 10.2 Å². The number of carbonyl (C=O) groups excluding carboxylic acids is 1. The SMILES string of the molecule is Cc1ccc(S(=O)(=O)C(C)C)c(C(=O)CN2CCNCC2)c1. The molecule has 2 rings (SSSR count). The zero-order valence-electron chi connectivity index (χ0n) is 13.4. The summed E-state index contributed by atoms with van der Waals surface area (Å²) in [5.41, 5.74) is 1.22. The molecule has 0 atom stereocenters. The average molecular weight is 324 g/mol. The Kier molecular flexibility index (Phi) is 5.36. The number of nitrogens with zero attached hydrogens (tertiary/aromatic N) is 1. The van der Waals surface area contributed by atoms with Gasteiger partial charge in [-0.15, -0.1) is 0 Å². The molecule has 122 valence electrons. The van der Waals surface area contributed by atoms with Crippen LogP contribution in [-0.4, -0.2) is 57.1 Å². The van der Waals surface area contributed by atoms with E-state index in [1.165, 1.54) is 0 Å². The van der Waals surface area contributed by atoms with Gasteiger partial charge in [0.15, 0.2) is 15.6 Å². The quantitative estimate of drug-likeness (QED) is 0.826. The summed E-state index contributed by atoms with van der Waals surface area (Å²) in [6, 6.07) is 5.01. The normalized spacial score (nSPS) is 16.9. The number of aryl methyl sites for hydroxylation is 1. The first kappa shape index (κ1) is 17.1. The van der Waals surface area contributed by atoms with Crippen molar-refractivity contribution in [2.75, 3.05) is 32.7 Å². The Morgan fingerprint density at radius 3 is 2.50 bits per heavy atom. The maximum Gasteiger partial charge on any atom is 0.181 e. The van der Waals surface area contributed by atoms with Gasteiger partial charge in [0.05, 0.1) is 16.7 Å². The molecule has 0 bridgehead atoms. The van der Waals surface area contributed by atoms with E-state index >= 15 is 0 Å². The second-order valence-electron chi connectivity index (χ2n) is 6.04. The van der Waals surface area contributed by atoms with Gasteiger partial charge in [0.2, 0.25) is 0 Å². The van der Waals surface area contributed by atoms with Gasteiger partial charge in [-0.25, -0.2) is 8.42 Å². The first-order chi connectivity index (χ1) is 10.3. The van der Waals surface area contributed by atoms with Crippen molar-refractivity contribution in [2.24, 2.45) is 0 Å². The Balaban J connectivity index is 2.32. The van der Waals surface area contributed by atoms with Gasteiger partial charge in [-0.2, -0.15) is 0 Å². The van der Waals surface area contributed by atoms with Crippen molar-refractivity contribution < 1.29 is 13.2 Å². The van der Waals surface area contributed by atoms with Gasteiger partial charge >= 0.3 is 0 Å². The van der Waals surface area contributed by atoms with Crippen molar-refractivity contribution in [3.63, 3.8) is 0 Å². The average Bonchev–Trinajstić information content (AvgIpc) is 2.47. The molecule has 6 heteroatoms. The maximum atomic E-state index is 12.6. The van der Waals surface area contributed by atoms with Crippen molar-refractivity contribution in [3.05, 3.63) is 29.3 Å².